The third-order valence-corrected chi connectivity index (χ3v) is 5.06. The van der Waals surface area contributed by atoms with Crippen molar-refractivity contribution in [3.8, 4) is 0 Å². The lowest BCUT2D eigenvalue weighted by atomic mass is 9.82. The molecule has 3 unspecified atom stereocenters. The molecule has 0 saturated heterocycles. The van der Waals surface area contributed by atoms with Gasteiger partial charge in [0.2, 0.25) is 0 Å². The Labute approximate surface area is 111 Å². The first-order chi connectivity index (χ1) is 8.50. The van der Waals surface area contributed by atoms with E-state index in [1.165, 1.54) is 18.4 Å². The van der Waals surface area contributed by atoms with E-state index in [2.05, 4.69) is 62.1 Å². The highest BCUT2D eigenvalue weighted by molar-refractivity contribution is 6.69. The molecule has 3 rings (SSSR count). The first-order valence-electron chi connectivity index (χ1n) is 6.94. The Kier molecular flexibility index (Phi) is 2.76. The maximum Gasteiger partial charge on any atom is 0.185 e. The van der Waals surface area contributed by atoms with Crippen LogP contribution in [-0.2, 0) is 10.0 Å². The molecule has 96 valence electrons. The van der Waals surface area contributed by atoms with Gasteiger partial charge in [-0.25, -0.2) is 0 Å². The van der Waals surface area contributed by atoms with Crippen molar-refractivity contribution in [3.63, 3.8) is 0 Å². The molecule has 0 spiro atoms. The van der Waals surface area contributed by atoms with Crippen LogP contribution >= 0.6 is 0 Å². The van der Waals surface area contributed by atoms with Gasteiger partial charge in [-0.15, -0.1) is 0 Å². The van der Waals surface area contributed by atoms with Crippen LogP contribution in [0, 0.1) is 11.8 Å². The van der Waals surface area contributed by atoms with Crippen molar-refractivity contribution >= 4 is 8.32 Å². The minimum atomic E-state index is -1.55. The molecule has 1 aromatic rings. The Morgan fingerprint density at radius 2 is 1.83 bits per heavy atom. The summed E-state index contributed by atoms with van der Waals surface area (Å²) < 4.78 is 6.69. The SMILES string of the molecule is C[Si](C)(C)OC1(c2ccccc2)CC2C=CC1C2. The normalized spacial score (nSPS) is 34.2. The topological polar surface area (TPSA) is 9.23 Å². The van der Waals surface area contributed by atoms with Crippen molar-refractivity contribution in [2.24, 2.45) is 11.8 Å². The van der Waals surface area contributed by atoms with Crippen molar-refractivity contribution in [2.75, 3.05) is 0 Å². The summed E-state index contributed by atoms with van der Waals surface area (Å²) in [6.07, 6.45) is 7.22. The van der Waals surface area contributed by atoms with Gasteiger partial charge in [0.05, 0.1) is 5.60 Å². The van der Waals surface area contributed by atoms with E-state index >= 15 is 0 Å². The van der Waals surface area contributed by atoms with E-state index in [4.69, 9.17) is 4.43 Å². The lowest BCUT2D eigenvalue weighted by Gasteiger charge is -2.41. The summed E-state index contributed by atoms with van der Waals surface area (Å²) in [5.41, 5.74) is 1.34. The highest BCUT2D eigenvalue weighted by Gasteiger charge is 2.51. The minimum Gasteiger partial charge on any atom is -0.408 e. The van der Waals surface area contributed by atoms with Gasteiger partial charge in [0.25, 0.3) is 0 Å². The fourth-order valence-electron chi connectivity index (χ4n) is 3.59. The smallest absolute Gasteiger partial charge is 0.185 e. The van der Waals surface area contributed by atoms with Gasteiger partial charge in [-0.1, -0.05) is 42.5 Å². The van der Waals surface area contributed by atoms with Gasteiger partial charge in [-0.2, -0.15) is 0 Å². The Morgan fingerprint density at radius 1 is 1.11 bits per heavy atom. The Bertz CT molecular complexity index is 460. The van der Waals surface area contributed by atoms with Gasteiger partial charge in [0, 0.05) is 5.92 Å². The molecule has 2 heteroatoms. The van der Waals surface area contributed by atoms with Crippen molar-refractivity contribution in [3.05, 3.63) is 48.0 Å². The molecule has 2 aliphatic rings. The van der Waals surface area contributed by atoms with Crippen LogP contribution in [-0.4, -0.2) is 8.32 Å². The van der Waals surface area contributed by atoms with Crippen LogP contribution < -0.4 is 0 Å². The Balaban J connectivity index is 2.02. The lowest BCUT2D eigenvalue weighted by molar-refractivity contribution is 0.0306. The van der Waals surface area contributed by atoms with Crippen LogP contribution in [0.4, 0.5) is 0 Å². The number of hydrogen-bond acceptors (Lipinski definition) is 1. The molecule has 1 fully saturated rings. The summed E-state index contributed by atoms with van der Waals surface area (Å²) >= 11 is 0. The number of allylic oxidation sites excluding steroid dienone is 1. The predicted molar refractivity (Wildman–Crippen MR) is 77.9 cm³/mol. The van der Waals surface area contributed by atoms with E-state index in [9.17, 15) is 0 Å². The molecular formula is C16H22OSi. The molecule has 2 bridgehead atoms. The van der Waals surface area contributed by atoms with Gasteiger partial charge < -0.3 is 4.43 Å². The molecule has 1 aromatic carbocycles. The number of hydrogen-bond donors (Lipinski definition) is 0. The summed E-state index contributed by atoms with van der Waals surface area (Å²) in [4.78, 5) is 0. The van der Waals surface area contributed by atoms with Crippen molar-refractivity contribution in [1.82, 2.24) is 0 Å². The predicted octanol–water partition coefficient (Wildman–Crippen LogP) is 4.33. The van der Waals surface area contributed by atoms with Crippen molar-refractivity contribution in [1.29, 1.82) is 0 Å². The second kappa shape index (κ2) is 4.07. The number of benzene rings is 1. The van der Waals surface area contributed by atoms with E-state index in [-0.39, 0.29) is 5.60 Å². The molecule has 0 amide bonds. The molecule has 18 heavy (non-hydrogen) atoms. The molecule has 0 N–H and O–H groups in total. The zero-order valence-electron chi connectivity index (χ0n) is 11.5. The van der Waals surface area contributed by atoms with E-state index in [0.29, 0.717) is 5.92 Å². The van der Waals surface area contributed by atoms with E-state index in [1.54, 1.807) is 0 Å². The Hall–Kier alpha value is -0.863. The minimum absolute atomic E-state index is 0.0366. The molecule has 0 heterocycles. The van der Waals surface area contributed by atoms with E-state index < -0.39 is 8.32 Å². The summed E-state index contributed by atoms with van der Waals surface area (Å²) in [6.45, 7) is 6.90. The third-order valence-electron chi connectivity index (χ3n) is 4.09. The fourth-order valence-corrected chi connectivity index (χ4v) is 5.03. The molecule has 1 nitrogen and oxygen atoms in total. The molecule has 1 saturated carbocycles. The second-order valence-corrected chi connectivity index (χ2v) is 11.1. The fraction of sp³-hybridized carbons (Fsp3) is 0.500. The van der Waals surface area contributed by atoms with Crippen LogP contribution in [0.25, 0.3) is 0 Å². The van der Waals surface area contributed by atoms with Gasteiger partial charge >= 0.3 is 0 Å². The molecule has 0 aliphatic heterocycles. The largest absolute Gasteiger partial charge is 0.408 e. The quantitative estimate of drug-likeness (QED) is 0.579. The average Bonchev–Trinajstić information content (AvgIpc) is 2.88. The summed E-state index contributed by atoms with van der Waals surface area (Å²) in [5.74, 6) is 1.31. The maximum atomic E-state index is 6.69. The summed E-state index contributed by atoms with van der Waals surface area (Å²) in [5, 5.41) is 0. The van der Waals surface area contributed by atoms with Gasteiger partial charge in [0.15, 0.2) is 8.32 Å². The first kappa shape index (κ1) is 12.2. The summed E-state index contributed by atoms with van der Waals surface area (Å²) in [6, 6.07) is 10.9. The van der Waals surface area contributed by atoms with Gasteiger partial charge in [-0.05, 0) is 44.0 Å². The molecule has 2 aliphatic carbocycles. The first-order valence-corrected chi connectivity index (χ1v) is 10.3. The number of rotatable bonds is 3. The Morgan fingerprint density at radius 3 is 2.33 bits per heavy atom. The molecular weight excluding hydrogens is 236 g/mol. The van der Waals surface area contributed by atoms with Crippen LogP contribution in [0.5, 0.6) is 0 Å². The van der Waals surface area contributed by atoms with Crippen molar-refractivity contribution < 1.29 is 4.43 Å². The van der Waals surface area contributed by atoms with E-state index in [0.717, 1.165) is 5.92 Å². The molecule has 0 radical (unpaired) electrons. The molecule has 0 aromatic heterocycles. The molecule has 3 atom stereocenters. The lowest BCUT2D eigenvalue weighted by Crippen LogP contribution is -2.43. The van der Waals surface area contributed by atoms with Crippen LogP contribution in [0.3, 0.4) is 0 Å². The van der Waals surface area contributed by atoms with Crippen molar-refractivity contribution in [2.45, 2.75) is 38.1 Å². The number of fused-ring (bicyclic) bond motifs is 2. The van der Waals surface area contributed by atoms with Gasteiger partial charge in [-0.3, -0.25) is 0 Å². The zero-order chi connectivity index (χ0) is 12.8. The van der Waals surface area contributed by atoms with Crippen LogP contribution in [0.2, 0.25) is 19.6 Å². The second-order valence-electron chi connectivity index (χ2n) is 6.66. The highest BCUT2D eigenvalue weighted by Crippen LogP contribution is 2.55. The third kappa shape index (κ3) is 1.98. The summed E-state index contributed by atoms with van der Waals surface area (Å²) in [7, 11) is -1.55. The highest BCUT2D eigenvalue weighted by atomic mass is 28.4. The zero-order valence-corrected chi connectivity index (χ0v) is 12.5. The van der Waals surface area contributed by atoms with Gasteiger partial charge in [0.1, 0.15) is 0 Å². The van der Waals surface area contributed by atoms with Crippen LogP contribution in [0.1, 0.15) is 18.4 Å². The van der Waals surface area contributed by atoms with E-state index in [1.807, 2.05) is 0 Å². The van der Waals surface area contributed by atoms with Crippen LogP contribution in [0.15, 0.2) is 42.5 Å². The average molecular weight is 258 g/mol. The standard InChI is InChI=1S/C16H22OSi/c1-18(2,3)17-16(14-7-5-4-6-8-14)12-13-9-10-15(16)11-13/h4-10,13,15H,11-12H2,1-3H3. The maximum absolute atomic E-state index is 6.69. The monoisotopic (exact) mass is 258 g/mol.